The molecule has 1 N–H and O–H groups in total. The Bertz CT molecular complexity index is 1130. The van der Waals surface area contributed by atoms with Crippen molar-refractivity contribution in [3.05, 3.63) is 82.9 Å². The number of carbonyl (C=O) groups is 1. The normalized spacial score (nSPS) is 20.9. The van der Waals surface area contributed by atoms with Crippen LogP contribution in [-0.2, 0) is 4.79 Å². The SMILES string of the molecule is Cc1nn2c(c1-c1ccc(F)cc1)NC1=C(C(=O)C[C@@H](C)C1)[C@@H]2c1ccccc1. The quantitative estimate of drug-likeness (QED) is 0.652. The predicted octanol–water partition coefficient (Wildman–Crippen LogP) is 5.27. The number of Topliss-reactive ketones (excluding diaryl/α,β-unsaturated/α-hetero) is 1. The zero-order chi connectivity index (χ0) is 20.1. The van der Waals surface area contributed by atoms with Gasteiger partial charge in [0.1, 0.15) is 17.7 Å². The molecule has 0 unspecified atom stereocenters. The van der Waals surface area contributed by atoms with Gasteiger partial charge in [-0.15, -0.1) is 0 Å². The lowest BCUT2D eigenvalue weighted by atomic mass is 9.81. The highest BCUT2D eigenvalue weighted by Gasteiger charge is 2.39. The third-order valence-corrected chi connectivity index (χ3v) is 5.83. The number of hydrogen-bond acceptors (Lipinski definition) is 3. The van der Waals surface area contributed by atoms with Crippen LogP contribution in [0.15, 0.2) is 65.9 Å². The van der Waals surface area contributed by atoms with E-state index in [0.29, 0.717) is 12.3 Å². The maximum Gasteiger partial charge on any atom is 0.163 e. The molecule has 5 heteroatoms. The highest BCUT2D eigenvalue weighted by molar-refractivity contribution is 6.00. The maximum absolute atomic E-state index is 13.5. The second-order valence-corrected chi connectivity index (χ2v) is 8.03. The van der Waals surface area contributed by atoms with Crippen LogP contribution < -0.4 is 5.32 Å². The molecule has 29 heavy (non-hydrogen) atoms. The molecule has 0 fully saturated rings. The molecule has 4 nitrogen and oxygen atoms in total. The number of halogens is 1. The van der Waals surface area contributed by atoms with Gasteiger partial charge in [0.25, 0.3) is 0 Å². The Morgan fingerprint density at radius 1 is 1.07 bits per heavy atom. The Hall–Kier alpha value is -3.21. The highest BCUT2D eigenvalue weighted by atomic mass is 19.1. The number of nitrogens with zero attached hydrogens (tertiary/aromatic N) is 2. The standard InChI is InChI=1S/C24H22FN3O/c1-14-12-19-22(20(29)13-14)23(17-6-4-3-5-7-17)28-24(26-19)21(15(2)27-28)16-8-10-18(25)11-9-16/h3-11,14,23,26H,12-13H2,1-2H3/t14-,23-/m0/s1. The van der Waals surface area contributed by atoms with Crippen molar-refractivity contribution in [1.82, 2.24) is 9.78 Å². The first-order valence-corrected chi connectivity index (χ1v) is 9.96. The molecule has 0 saturated heterocycles. The van der Waals surface area contributed by atoms with Gasteiger partial charge in [0.2, 0.25) is 0 Å². The number of ketones is 1. The lowest BCUT2D eigenvalue weighted by Gasteiger charge is -2.35. The fourth-order valence-corrected chi connectivity index (χ4v) is 4.59. The number of benzene rings is 2. The average molecular weight is 387 g/mol. The summed E-state index contributed by atoms with van der Waals surface area (Å²) in [5.41, 5.74) is 5.54. The summed E-state index contributed by atoms with van der Waals surface area (Å²) < 4.78 is 15.4. The van der Waals surface area contributed by atoms with E-state index < -0.39 is 0 Å². The number of aryl methyl sites for hydroxylation is 1. The van der Waals surface area contributed by atoms with E-state index in [1.54, 1.807) is 12.1 Å². The van der Waals surface area contributed by atoms with Crippen molar-refractivity contribution in [2.45, 2.75) is 32.7 Å². The molecule has 2 heterocycles. The van der Waals surface area contributed by atoms with Crippen molar-refractivity contribution < 1.29 is 9.18 Å². The lowest BCUT2D eigenvalue weighted by molar-refractivity contribution is -0.117. The zero-order valence-electron chi connectivity index (χ0n) is 16.4. The fraction of sp³-hybridized carbons (Fsp3) is 0.250. The molecule has 1 aliphatic carbocycles. The van der Waals surface area contributed by atoms with Gasteiger partial charge in [0.05, 0.1) is 5.69 Å². The van der Waals surface area contributed by atoms with Gasteiger partial charge >= 0.3 is 0 Å². The number of allylic oxidation sites excluding steroid dienone is 2. The van der Waals surface area contributed by atoms with Crippen molar-refractivity contribution >= 4 is 11.6 Å². The van der Waals surface area contributed by atoms with E-state index >= 15 is 0 Å². The first-order chi connectivity index (χ1) is 14.0. The Morgan fingerprint density at radius 2 is 1.79 bits per heavy atom. The molecule has 5 rings (SSSR count). The summed E-state index contributed by atoms with van der Waals surface area (Å²) in [4.78, 5) is 13.1. The van der Waals surface area contributed by atoms with Crippen molar-refractivity contribution in [2.75, 3.05) is 5.32 Å². The Balaban J connectivity index is 1.74. The smallest absolute Gasteiger partial charge is 0.163 e. The summed E-state index contributed by atoms with van der Waals surface area (Å²) in [6.07, 6.45) is 1.39. The van der Waals surface area contributed by atoms with Crippen LogP contribution in [0.5, 0.6) is 0 Å². The maximum atomic E-state index is 13.5. The van der Waals surface area contributed by atoms with Crippen LogP contribution in [0, 0.1) is 18.7 Å². The molecule has 1 aliphatic heterocycles. The van der Waals surface area contributed by atoms with E-state index in [-0.39, 0.29) is 17.6 Å². The third-order valence-electron chi connectivity index (χ3n) is 5.83. The Labute approximate surface area is 169 Å². The topological polar surface area (TPSA) is 46.9 Å². The summed E-state index contributed by atoms with van der Waals surface area (Å²) in [7, 11) is 0. The number of rotatable bonds is 2. The largest absolute Gasteiger partial charge is 0.343 e. The average Bonchev–Trinajstić information content (AvgIpc) is 3.03. The van der Waals surface area contributed by atoms with E-state index in [4.69, 9.17) is 5.10 Å². The van der Waals surface area contributed by atoms with Crippen molar-refractivity contribution in [2.24, 2.45) is 5.92 Å². The van der Waals surface area contributed by atoms with Crippen molar-refractivity contribution in [3.8, 4) is 11.1 Å². The Kier molecular flexibility index (Phi) is 4.12. The van der Waals surface area contributed by atoms with Crippen LogP contribution in [0.25, 0.3) is 11.1 Å². The van der Waals surface area contributed by atoms with Gasteiger partial charge in [0.15, 0.2) is 5.78 Å². The summed E-state index contributed by atoms with van der Waals surface area (Å²) in [5.74, 6) is 1.08. The molecule has 0 amide bonds. The molecule has 0 radical (unpaired) electrons. The second kappa shape index (κ2) is 6.69. The molecule has 1 aromatic heterocycles. The lowest BCUT2D eigenvalue weighted by Crippen LogP contribution is -2.33. The van der Waals surface area contributed by atoms with Crippen molar-refractivity contribution in [3.63, 3.8) is 0 Å². The molecule has 2 atom stereocenters. The van der Waals surface area contributed by atoms with E-state index in [2.05, 4.69) is 12.2 Å². The third kappa shape index (κ3) is 2.89. The number of nitrogens with one attached hydrogen (secondary N) is 1. The molecule has 0 saturated carbocycles. The van der Waals surface area contributed by atoms with Gasteiger partial charge in [-0.1, -0.05) is 49.4 Å². The number of aromatic nitrogens is 2. The summed E-state index contributed by atoms with van der Waals surface area (Å²) in [5, 5.41) is 8.35. The van der Waals surface area contributed by atoms with Gasteiger partial charge in [-0.05, 0) is 42.5 Å². The fourth-order valence-electron chi connectivity index (χ4n) is 4.59. The first kappa shape index (κ1) is 17.9. The highest BCUT2D eigenvalue weighted by Crippen LogP contribution is 2.45. The second-order valence-electron chi connectivity index (χ2n) is 8.03. The summed E-state index contributed by atoms with van der Waals surface area (Å²) in [6, 6.07) is 16.3. The van der Waals surface area contributed by atoms with E-state index in [0.717, 1.165) is 45.9 Å². The molecule has 3 aromatic rings. The van der Waals surface area contributed by atoms with E-state index in [1.165, 1.54) is 12.1 Å². The van der Waals surface area contributed by atoms with Gasteiger partial charge in [-0.2, -0.15) is 5.10 Å². The number of anilines is 1. The number of carbonyl (C=O) groups excluding carboxylic acids is 1. The molecule has 2 aromatic carbocycles. The molecule has 2 aliphatic rings. The molecular weight excluding hydrogens is 365 g/mol. The monoisotopic (exact) mass is 387 g/mol. The summed E-state index contributed by atoms with van der Waals surface area (Å²) >= 11 is 0. The van der Waals surface area contributed by atoms with Crippen LogP contribution in [0.1, 0.15) is 37.1 Å². The summed E-state index contributed by atoms with van der Waals surface area (Å²) in [6.45, 7) is 4.07. The molecule has 146 valence electrons. The van der Waals surface area contributed by atoms with Gasteiger partial charge < -0.3 is 5.32 Å². The van der Waals surface area contributed by atoms with Crippen LogP contribution in [0.3, 0.4) is 0 Å². The van der Waals surface area contributed by atoms with E-state index in [1.807, 2.05) is 41.9 Å². The minimum atomic E-state index is -0.265. The van der Waals surface area contributed by atoms with Crippen molar-refractivity contribution in [1.29, 1.82) is 0 Å². The zero-order valence-corrected chi connectivity index (χ0v) is 16.4. The molecular formula is C24H22FN3O. The van der Waals surface area contributed by atoms with Crippen LogP contribution in [0.2, 0.25) is 0 Å². The number of hydrogen-bond donors (Lipinski definition) is 1. The molecule has 0 bridgehead atoms. The minimum absolute atomic E-state index is 0.183. The van der Waals surface area contributed by atoms with Crippen LogP contribution >= 0.6 is 0 Å². The van der Waals surface area contributed by atoms with Gasteiger partial charge in [-0.3, -0.25) is 4.79 Å². The minimum Gasteiger partial charge on any atom is -0.343 e. The Morgan fingerprint density at radius 3 is 2.52 bits per heavy atom. The first-order valence-electron chi connectivity index (χ1n) is 9.96. The predicted molar refractivity (Wildman–Crippen MR) is 111 cm³/mol. The van der Waals surface area contributed by atoms with Gasteiger partial charge in [0, 0.05) is 23.3 Å². The molecule has 0 spiro atoms. The van der Waals surface area contributed by atoms with Gasteiger partial charge in [-0.25, -0.2) is 9.07 Å². The van der Waals surface area contributed by atoms with Crippen LogP contribution in [0.4, 0.5) is 10.2 Å². The number of fused-ring (bicyclic) bond motifs is 1. The van der Waals surface area contributed by atoms with E-state index in [9.17, 15) is 9.18 Å². The van der Waals surface area contributed by atoms with Crippen LogP contribution in [-0.4, -0.2) is 15.6 Å².